The van der Waals surface area contributed by atoms with E-state index in [-0.39, 0.29) is 12.5 Å². The van der Waals surface area contributed by atoms with Crippen LogP contribution in [0.1, 0.15) is 232 Å². The Hall–Kier alpha value is -0.570. The van der Waals surface area contributed by atoms with Crippen LogP contribution in [-0.4, -0.2) is 35.6 Å². The molecule has 0 aromatic rings. The van der Waals surface area contributed by atoms with Gasteiger partial charge in [0.15, 0.2) is 0 Å². The van der Waals surface area contributed by atoms with Gasteiger partial charge < -0.3 is 10.0 Å². The van der Waals surface area contributed by atoms with E-state index in [1.54, 1.807) is 0 Å². The van der Waals surface area contributed by atoms with Gasteiger partial charge in [-0.15, -0.1) is 0 Å². The van der Waals surface area contributed by atoms with Crippen LogP contribution in [0.4, 0.5) is 0 Å². The molecule has 3 nitrogen and oxygen atoms in total. The molecule has 0 aliphatic carbocycles. The zero-order chi connectivity index (χ0) is 31.3. The van der Waals surface area contributed by atoms with Crippen LogP contribution in [0.3, 0.4) is 0 Å². The molecule has 0 heterocycles. The summed E-state index contributed by atoms with van der Waals surface area (Å²) < 4.78 is 0. The topological polar surface area (TPSA) is 40.5 Å². The Bertz CT molecular complexity index is 487. The van der Waals surface area contributed by atoms with Crippen molar-refractivity contribution >= 4 is 5.91 Å². The van der Waals surface area contributed by atoms with Crippen molar-refractivity contribution in [3.63, 3.8) is 0 Å². The molecule has 0 spiro atoms. The van der Waals surface area contributed by atoms with Crippen LogP contribution in [0.5, 0.6) is 0 Å². The van der Waals surface area contributed by atoms with Crippen LogP contribution in [0, 0.1) is 0 Å². The van der Waals surface area contributed by atoms with E-state index in [4.69, 9.17) is 0 Å². The quantitative estimate of drug-likeness (QED) is 0.0714. The maximum atomic E-state index is 12.7. The molecule has 0 rings (SSSR count). The summed E-state index contributed by atoms with van der Waals surface area (Å²) in [5.74, 6) is 0.260. The first-order chi connectivity index (χ1) is 21.3. The lowest BCUT2D eigenvalue weighted by Gasteiger charge is -2.23. The Kier molecular flexibility index (Phi) is 37.1. The molecule has 3 heteroatoms. The van der Waals surface area contributed by atoms with E-state index in [9.17, 15) is 9.90 Å². The van der Waals surface area contributed by atoms with E-state index >= 15 is 0 Å². The number of aliphatic hydroxyl groups is 1. The number of hydrogen-bond acceptors (Lipinski definition) is 2. The van der Waals surface area contributed by atoms with Gasteiger partial charge in [0.05, 0.1) is 0 Å². The minimum Gasteiger partial charge on any atom is -0.396 e. The maximum absolute atomic E-state index is 12.7. The zero-order valence-corrected chi connectivity index (χ0v) is 30.0. The fraction of sp³-hybridized carbons (Fsp3) is 0.975. The number of aliphatic hydroxyl groups excluding tert-OH is 1. The third-order valence-corrected chi connectivity index (χ3v) is 9.46. The average molecular weight is 608 g/mol. The second kappa shape index (κ2) is 37.6. The predicted molar refractivity (Wildman–Crippen MR) is 192 cm³/mol. The third kappa shape index (κ3) is 34.1. The largest absolute Gasteiger partial charge is 0.396 e. The standard InChI is InChI=1S/C40H81NO2/c1-3-5-7-9-11-13-15-17-19-21-23-25-27-29-31-33-37-41(40(43)36-35-39-42)38-34-32-30-28-26-24-22-20-18-16-14-12-10-8-6-4-2/h42H,3-39H2,1-2H3. The number of hydrogen-bond donors (Lipinski definition) is 1. The molecule has 0 aliphatic heterocycles. The Morgan fingerprint density at radius 3 is 0.837 bits per heavy atom. The van der Waals surface area contributed by atoms with Crippen LogP contribution in [0.25, 0.3) is 0 Å². The summed E-state index contributed by atoms with van der Waals surface area (Å²) in [6.07, 6.45) is 45.4. The Morgan fingerprint density at radius 2 is 0.605 bits per heavy atom. The molecule has 0 aliphatic rings. The molecular weight excluding hydrogens is 526 g/mol. The molecule has 0 radical (unpaired) electrons. The lowest BCUT2D eigenvalue weighted by Crippen LogP contribution is -2.33. The lowest BCUT2D eigenvalue weighted by atomic mass is 10.0. The van der Waals surface area contributed by atoms with E-state index in [0.29, 0.717) is 12.8 Å². The minimum absolute atomic E-state index is 0.123. The first kappa shape index (κ1) is 42.4. The van der Waals surface area contributed by atoms with Gasteiger partial charge in [0, 0.05) is 26.1 Å². The van der Waals surface area contributed by atoms with Crippen molar-refractivity contribution in [2.45, 2.75) is 232 Å². The first-order valence-electron chi connectivity index (χ1n) is 20.1. The summed E-state index contributed by atoms with van der Waals surface area (Å²) in [5, 5.41) is 9.18. The van der Waals surface area contributed by atoms with E-state index < -0.39 is 0 Å². The van der Waals surface area contributed by atoms with Gasteiger partial charge in [0.1, 0.15) is 0 Å². The van der Waals surface area contributed by atoms with Crippen molar-refractivity contribution in [2.75, 3.05) is 19.7 Å². The SMILES string of the molecule is CCCCCCCCCCCCCCCCCCN(CCCCCCCCCCCCCCCCCC)C(=O)CCCO. The molecule has 0 saturated heterocycles. The van der Waals surface area contributed by atoms with Crippen LogP contribution in [-0.2, 0) is 4.79 Å². The van der Waals surface area contributed by atoms with E-state index in [0.717, 1.165) is 25.9 Å². The molecule has 258 valence electrons. The van der Waals surface area contributed by atoms with Crippen molar-refractivity contribution in [3.8, 4) is 0 Å². The summed E-state index contributed by atoms with van der Waals surface area (Å²) in [5.41, 5.74) is 0. The molecule has 0 atom stereocenters. The Labute approximate surface area is 272 Å². The van der Waals surface area contributed by atoms with E-state index in [1.165, 1.54) is 193 Å². The van der Waals surface area contributed by atoms with Gasteiger partial charge in [0.2, 0.25) is 5.91 Å². The summed E-state index contributed by atoms with van der Waals surface area (Å²) >= 11 is 0. The fourth-order valence-corrected chi connectivity index (χ4v) is 6.45. The molecule has 0 saturated carbocycles. The first-order valence-corrected chi connectivity index (χ1v) is 20.1. The highest BCUT2D eigenvalue weighted by Gasteiger charge is 2.12. The molecule has 0 fully saturated rings. The average Bonchev–Trinajstić information content (AvgIpc) is 3.02. The van der Waals surface area contributed by atoms with E-state index in [1.807, 2.05) is 0 Å². The van der Waals surface area contributed by atoms with Crippen molar-refractivity contribution in [2.24, 2.45) is 0 Å². The van der Waals surface area contributed by atoms with Crippen LogP contribution in [0.2, 0.25) is 0 Å². The third-order valence-electron chi connectivity index (χ3n) is 9.46. The second-order valence-electron chi connectivity index (χ2n) is 13.8. The molecule has 1 amide bonds. The highest BCUT2D eigenvalue weighted by molar-refractivity contribution is 5.76. The monoisotopic (exact) mass is 608 g/mol. The molecule has 43 heavy (non-hydrogen) atoms. The summed E-state index contributed by atoms with van der Waals surface area (Å²) in [7, 11) is 0. The van der Waals surface area contributed by atoms with Crippen molar-refractivity contribution in [3.05, 3.63) is 0 Å². The number of rotatable bonds is 37. The van der Waals surface area contributed by atoms with Gasteiger partial charge in [-0.3, -0.25) is 4.79 Å². The summed E-state index contributed by atoms with van der Waals surface area (Å²) in [4.78, 5) is 14.8. The van der Waals surface area contributed by atoms with Gasteiger partial charge in [-0.1, -0.05) is 206 Å². The van der Waals surface area contributed by atoms with Crippen molar-refractivity contribution in [1.29, 1.82) is 0 Å². The second-order valence-corrected chi connectivity index (χ2v) is 13.8. The molecule has 0 aromatic heterocycles. The zero-order valence-electron chi connectivity index (χ0n) is 30.0. The van der Waals surface area contributed by atoms with Gasteiger partial charge >= 0.3 is 0 Å². The Morgan fingerprint density at radius 1 is 0.372 bits per heavy atom. The van der Waals surface area contributed by atoms with Crippen molar-refractivity contribution in [1.82, 2.24) is 4.90 Å². The number of carbonyl (C=O) groups excluding carboxylic acids is 1. The normalized spacial score (nSPS) is 11.4. The molecule has 0 unspecified atom stereocenters. The van der Waals surface area contributed by atoms with Crippen molar-refractivity contribution < 1.29 is 9.90 Å². The summed E-state index contributed by atoms with van der Waals surface area (Å²) in [6, 6.07) is 0. The van der Waals surface area contributed by atoms with Crippen LogP contribution in [0.15, 0.2) is 0 Å². The van der Waals surface area contributed by atoms with Gasteiger partial charge in [-0.25, -0.2) is 0 Å². The van der Waals surface area contributed by atoms with Gasteiger partial charge in [-0.2, -0.15) is 0 Å². The smallest absolute Gasteiger partial charge is 0.222 e. The fourth-order valence-electron chi connectivity index (χ4n) is 6.45. The van der Waals surface area contributed by atoms with E-state index in [2.05, 4.69) is 18.7 Å². The van der Waals surface area contributed by atoms with Gasteiger partial charge in [0.25, 0.3) is 0 Å². The Balaban J connectivity index is 3.66. The predicted octanol–water partition coefficient (Wildman–Crippen LogP) is 13.1. The number of unbranched alkanes of at least 4 members (excludes halogenated alkanes) is 30. The molecule has 1 N–H and O–H groups in total. The molecule has 0 aromatic carbocycles. The minimum atomic E-state index is 0.123. The summed E-state index contributed by atoms with van der Waals surface area (Å²) in [6.45, 7) is 6.54. The number of carbonyl (C=O) groups is 1. The number of amides is 1. The maximum Gasteiger partial charge on any atom is 0.222 e. The van der Waals surface area contributed by atoms with Crippen LogP contribution >= 0.6 is 0 Å². The van der Waals surface area contributed by atoms with Crippen LogP contribution < -0.4 is 0 Å². The highest BCUT2D eigenvalue weighted by atomic mass is 16.3. The highest BCUT2D eigenvalue weighted by Crippen LogP contribution is 2.16. The molecular formula is C40H81NO2. The number of nitrogens with zero attached hydrogens (tertiary/aromatic N) is 1. The molecule has 0 bridgehead atoms. The van der Waals surface area contributed by atoms with Gasteiger partial charge in [-0.05, 0) is 19.3 Å². The lowest BCUT2D eigenvalue weighted by molar-refractivity contribution is -0.131.